The summed E-state index contributed by atoms with van der Waals surface area (Å²) < 4.78 is 2.84. The molecule has 0 aliphatic carbocycles. The first kappa shape index (κ1) is 9.70. The molecule has 0 saturated heterocycles. The lowest BCUT2D eigenvalue weighted by atomic mass is 10.5. The Hall–Kier alpha value is -0.850. The molecular formula is C8H9N3OS2. The summed E-state index contributed by atoms with van der Waals surface area (Å²) in [5.41, 5.74) is 0. The summed E-state index contributed by atoms with van der Waals surface area (Å²) in [6.07, 6.45) is 1.53. The highest BCUT2D eigenvalue weighted by Gasteiger charge is 2.05. The summed E-state index contributed by atoms with van der Waals surface area (Å²) >= 11 is 3.13. The molecule has 0 saturated carbocycles. The van der Waals surface area contributed by atoms with Crippen LogP contribution < -0.4 is 0 Å². The maximum Gasteiger partial charge on any atom is 0.191 e. The molecule has 0 aliphatic heterocycles. The molecule has 0 unspecified atom stereocenters. The largest absolute Gasteiger partial charge is 0.391 e. The van der Waals surface area contributed by atoms with Crippen LogP contribution in [0.5, 0.6) is 0 Å². The van der Waals surface area contributed by atoms with Crippen molar-refractivity contribution in [2.24, 2.45) is 7.05 Å². The monoisotopic (exact) mass is 227 g/mol. The predicted molar refractivity (Wildman–Crippen MR) is 55.4 cm³/mol. The minimum Gasteiger partial charge on any atom is -0.391 e. The fraction of sp³-hybridized carbons (Fsp3) is 0.250. The fourth-order valence-electron chi connectivity index (χ4n) is 0.966. The van der Waals surface area contributed by atoms with Crippen LogP contribution in [-0.4, -0.2) is 19.9 Å². The minimum absolute atomic E-state index is 0.101. The number of aliphatic hydroxyl groups excluding tert-OH is 1. The molecule has 0 radical (unpaired) electrons. The first-order valence-electron chi connectivity index (χ1n) is 4.01. The molecule has 2 rings (SSSR count). The van der Waals surface area contributed by atoms with Crippen LogP contribution in [0.3, 0.4) is 0 Å². The fourth-order valence-corrected chi connectivity index (χ4v) is 2.87. The molecule has 1 N–H and O–H groups in total. The summed E-state index contributed by atoms with van der Waals surface area (Å²) in [6.45, 7) is 0.101. The minimum atomic E-state index is 0.101. The number of rotatable bonds is 3. The highest BCUT2D eigenvalue weighted by atomic mass is 32.2. The molecule has 0 atom stereocenters. The zero-order valence-corrected chi connectivity index (χ0v) is 9.18. The third-order valence-corrected chi connectivity index (χ3v) is 3.91. The van der Waals surface area contributed by atoms with Gasteiger partial charge in [-0.3, -0.25) is 0 Å². The zero-order chi connectivity index (χ0) is 9.97. The van der Waals surface area contributed by atoms with Gasteiger partial charge in [-0.1, -0.05) is 0 Å². The molecule has 4 nitrogen and oxygen atoms in total. The van der Waals surface area contributed by atoms with Crippen LogP contribution in [0.15, 0.2) is 27.8 Å². The molecule has 0 aromatic carbocycles. The second-order valence-corrected chi connectivity index (χ2v) is 5.08. The van der Waals surface area contributed by atoms with E-state index in [0.717, 1.165) is 14.2 Å². The molecule has 0 amide bonds. The Morgan fingerprint density at radius 2 is 2.43 bits per heavy atom. The molecule has 2 heterocycles. The van der Waals surface area contributed by atoms with E-state index in [1.807, 2.05) is 19.2 Å². The van der Waals surface area contributed by atoms with Crippen LogP contribution in [0.2, 0.25) is 0 Å². The maximum atomic E-state index is 8.90. The van der Waals surface area contributed by atoms with E-state index in [1.54, 1.807) is 27.8 Å². The molecule has 0 spiro atoms. The van der Waals surface area contributed by atoms with E-state index in [0.29, 0.717) is 0 Å². The topological polar surface area (TPSA) is 50.9 Å². The van der Waals surface area contributed by atoms with E-state index < -0.39 is 0 Å². The van der Waals surface area contributed by atoms with Gasteiger partial charge in [0.25, 0.3) is 0 Å². The molecule has 2 aromatic heterocycles. The third kappa shape index (κ3) is 1.97. The van der Waals surface area contributed by atoms with E-state index in [1.165, 1.54) is 6.33 Å². The number of aryl methyl sites for hydroxylation is 1. The first-order valence-corrected chi connectivity index (χ1v) is 5.64. The average molecular weight is 227 g/mol. The summed E-state index contributed by atoms with van der Waals surface area (Å²) in [7, 11) is 1.86. The average Bonchev–Trinajstić information content (AvgIpc) is 2.77. The number of aliphatic hydroxyl groups is 1. The molecule has 0 fully saturated rings. The number of hydrogen-bond acceptors (Lipinski definition) is 5. The van der Waals surface area contributed by atoms with Gasteiger partial charge in [0.05, 0.1) is 10.8 Å². The Morgan fingerprint density at radius 3 is 3.00 bits per heavy atom. The number of hydrogen-bond donors (Lipinski definition) is 1. The van der Waals surface area contributed by atoms with Crippen LogP contribution in [0.4, 0.5) is 0 Å². The van der Waals surface area contributed by atoms with Gasteiger partial charge < -0.3 is 5.11 Å². The molecule has 14 heavy (non-hydrogen) atoms. The number of nitrogens with zero attached hydrogens (tertiary/aromatic N) is 3. The summed E-state index contributed by atoms with van der Waals surface area (Å²) in [4.78, 5) is 5.07. The van der Waals surface area contributed by atoms with E-state index in [9.17, 15) is 0 Å². The lowest BCUT2D eigenvalue weighted by Crippen LogP contribution is -1.91. The van der Waals surface area contributed by atoms with E-state index in [-0.39, 0.29) is 6.61 Å². The van der Waals surface area contributed by atoms with Crippen LogP contribution >= 0.6 is 23.1 Å². The van der Waals surface area contributed by atoms with Crippen molar-refractivity contribution in [3.8, 4) is 0 Å². The Morgan fingerprint density at radius 1 is 1.57 bits per heavy atom. The molecule has 2 aromatic rings. The van der Waals surface area contributed by atoms with Crippen molar-refractivity contribution in [1.29, 1.82) is 0 Å². The van der Waals surface area contributed by atoms with Crippen molar-refractivity contribution in [3.63, 3.8) is 0 Å². The van der Waals surface area contributed by atoms with Gasteiger partial charge in [0.1, 0.15) is 6.33 Å². The van der Waals surface area contributed by atoms with Crippen LogP contribution in [-0.2, 0) is 13.7 Å². The Bertz CT molecular complexity index is 424. The van der Waals surface area contributed by atoms with E-state index >= 15 is 0 Å². The van der Waals surface area contributed by atoms with Crippen LogP contribution in [0, 0.1) is 0 Å². The first-order chi connectivity index (χ1) is 6.79. The Labute approximate surface area is 89.6 Å². The zero-order valence-electron chi connectivity index (χ0n) is 7.54. The summed E-state index contributed by atoms with van der Waals surface area (Å²) in [5, 5.41) is 13.7. The van der Waals surface area contributed by atoms with Gasteiger partial charge in [0.2, 0.25) is 0 Å². The van der Waals surface area contributed by atoms with Gasteiger partial charge in [0, 0.05) is 11.9 Å². The van der Waals surface area contributed by atoms with Gasteiger partial charge in [-0.15, -0.1) is 11.3 Å². The molecule has 0 aliphatic rings. The van der Waals surface area contributed by atoms with Crippen LogP contribution in [0.1, 0.15) is 4.88 Å². The lowest BCUT2D eigenvalue weighted by molar-refractivity contribution is 0.285. The van der Waals surface area contributed by atoms with Crippen molar-refractivity contribution < 1.29 is 5.11 Å². The van der Waals surface area contributed by atoms with Gasteiger partial charge in [0.15, 0.2) is 5.16 Å². The SMILES string of the molecule is Cn1ncnc1Sc1ccc(CO)s1. The summed E-state index contributed by atoms with van der Waals surface area (Å²) in [5.74, 6) is 0. The van der Waals surface area contributed by atoms with Gasteiger partial charge in [-0.2, -0.15) is 5.10 Å². The molecular weight excluding hydrogens is 218 g/mol. The highest BCUT2D eigenvalue weighted by molar-refractivity contribution is 8.01. The third-order valence-electron chi connectivity index (χ3n) is 1.65. The quantitative estimate of drug-likeness (QED) is 0.863. The van der Waals surface area contributed by atoms with E-state index in [4.69, 9.17) is 5.11 Å². The highest BCUT2D eigenvalue weighted by Crippen LogP contribution is 2.31. The van der Waals surface area contributed by atoms with E-state index in [2.05, 4.69) is 10.1 Å². The van der Waals surface area contributed by atoms with Crippen LogP contribution in [0.25, 0.3) is 0 Å². The van der Waals surface area contributed by atoms with Crippen molar-refractivity contribution in [1.82, 2.24) is 14.8 Å². The van der Waals surface area contributed by atoms with Gasteiger partial charge in [-0.05, 0) is 23.9 Å². The second kappa shape index (κ2) is 4.12. The maximum absolute atomic E-state index is 8.90. The normalized spacial score (nSPS) is 10.7. The van der Waals surface area contributed by atoms with Crippen molar-refractivity contribution >= 4 is 23.1 Å². The summed E-state index contributed by atoms with van der Waals surface area (Å²) in [6, 6.07) is 3.90. The van der Waals surface area contributed by atoms with Gasteiger partial charge >= 0.3 is 0 Å². The molecule has 74 valence electrons. The number of thiophene rings is 1. The molecule has 6 heteroatoms. The lowest BCUT2D eigenvalue weighted by Gasteiger charge is -1.95. The van der Waals surface area contributed by atoms with Crippen molar-refractivity contribution in [2.45, 2.75) is 16.0 Å². The second-order valence-electron chi connectivity index (χ2n) is 2.65. The number of aromatic nitrogens is 3. The Balaban J connectivity index is 2.15. The van der Waals surface area contributed by atoms with Crippen molar-refractivity contribution in [2.75, 3.05) is 0 Å². The van der Waals surface area contributed by atoms with Crippen molar-refractivity contribution in [3.05, 3.63) is 23.3 Å². The molecule has 0 bridgehead atoms. The van der Waals surface area contributed by atoms with Gasteiger partial charge in [-0.25, -0.2) is 9.67 Å². The predicted octanol–water partition coefficient (Wildman–Crippen LogP) is 1.52. The smallest absolute Gasteiger partial charge is 0.191 e. The standard InChI is InChI=1S/C8H9N3OS2/c1-11-8(9-5-10-11)14-7-3-2-6(4-12)13-7/h2-3,5,12H,4H2,1H3. The Kier molecular flexibility index (Phi) is 2.85.